The third-order valence-electron chi connectivity index (χ3n) is 3.90. The second kappa shape index (κ2) is 6.45. The Labute approximate surface area is 145 Å². The highest BCUT2D eigenvalue weighted by molar-refractivity contribution is 7.22. The van der Waals surface area contributed by atoms with Gasteiger partial charge in [-0.25, -0.2) is 4.98 Å². The SMILES string of the molecule is CN(Cc1cnn(Cc2ccccc2)c1)c1nc2ccccc2s1. The molecule has 0 unspecified atom stereocenters. The van der Waals surface area contributed by atoms with Crippen molar-refractivity contribution in [2.24, 2.45) is 0 Å². The first-order chi connectivity index (χ1) is 11.8. The van der Waals surface area contributed by atoms with Gasteiger partial charge in [-0.05, 0) is 17.7 Å². The second-order valence-corrected chi connectivity index (χ2v) is 6.86. The Kier molecular flexibility index (Phi) is 4.01. The molecule has 2 heterocycles. The molecule has 4 rings (SSSR count). The number of rotatable bonds is 5. The predicted octanol–water partition coefficient (Wildman–Crippen LogP) is 4.18. The van der Waals surface area contributed by atoms with Gasteiger partial charge in [-0.2, -0.15) is 5.10 Å². The molecule has 0 saturated heterocycles. The van der Waals surface area contributed by atoms with Crippen LogP contribution in [-0.2, 0) is 13.1 Å². The van der Waals surface area contributed by atoms with Crippen LogP contribution < -0.4 is 4.90 Å². The Morgan fingerprint density at radius 3 is 2.62 bits per heavy atom. The van der Waals surface area contributed by atoms with E-state index in [9.17, 15) is 0 Å². The van der Waals surface area contributed by atoms with Crippen LogP contribution in [0.25, 0.3) is 10.2 Å². The number of benzene rings is 2. The third-order valence-corrected chi connectivity index (χ3v) is 5.05. The zero-order valence-electron chi connectivity index (χ0n) is 13.5. The van der Waals surface area contributed by atoms with E-state index in [1.54, 1.807) is 11.3 Å². The lowest BCUT2D eigenvalue weighted by atomic mass is 10.2. The summed E-state index contributed by atoms with van der Waals surface area (Å²) in [5, 5.41) is 5.51. The van der Waals surface area contributed by atoms with Crippen LogP contribution in [0.4, 0.5) is 5.13 Å². The van der Waals surface area contributed by atoms with Crippen LogP contribution in [0.5, 0.6) is 0 Å². The summed E-state index contributed by atoms with van der Waals surface area (Å²) in [5.41, 5.74) is 3.50. The molecular weight excluding hydrogens is 316 g/mol. The van der Waals surface area contributed by atoms with E-state index < -0.39 is 0 Å². The van der Waals surface area contributed by atoms with Crippen LogP contribution in [0.3, 0.4) is 0 Å². The van der Waals surface area contributed by atoms with Crippen LogP contribution in [0.1, 0.15) is 11.1 Å². The summed E-state index contributed by atoms with van der Waals surface area (Å²) in [5.74, 6) is 0. The molecule has 2 aromatic carbocycles. The van der Waals surface area contributed by atoms with Crippen LogP contribution in [0.15, 0.2) is 67.0 Å². The number of hydrogen-bond acceptors (Lipinski definition) is 4. The monoisotopic (exact) mass is 334 g/mol. The number of hydrogen-bond donors (Lipinski definition) is 0. The van der Waals surface area contributed by atoms with Gasteiger partial charge in [-0.15, -0.1) is 0 Å². The van der Waals surface area contributed by atoms with E-state index in [0.29, 0.717) is 0 Å². The molecule has 2 aromatic heterocycles. The van der Waals surface area contributed by atoms with E-state index in [1.807, 2.05) is 23.0 Å². The molecule has 0 saturated carbocycles. The van der Waals surface area contributed by atoms with E-state index in [0.717, 1.165) is 23.7 Å². The molecule has 4 aromatic rings. The smallest absolute Gasteiger partial charge is 0.186 e. The maximum Gasteiger partial charge on any atom is 0.186 e. The Morgan fingerprint density at radius 1 is 1.00 bits per heavy atom. The van der Waals surface area contributed by atoms with Crippen molar-refractivity contribution in [2.45, 2.75) is 13.1 Å². The van der Waals surface area contributed by atoms with Crippen molar-refractivity contribution in [1.29, 1.82) is 0 Å². The fourth-order valence-corrected chi connectivity index (χ4v) is 3.64. The molecule has 0 N–H and O–H groups in total. The summed E-state index contributed by atoms with van der Waals surface area (Å²) >= 11 is 1.72. The van der Waals surface area contributed by atoms with Crippen molar-refractivity contribution in [3.05, 3.63) is 78.1 Å². The van der Waals surface area contributed by atoms with Gasteiger partial charge in [0.1, 0.15) is 0 Å². The number of para-hydroxylation sites is 1. The summed E-state index contributed by atoms with van der Waals surface area (Å²) < 4.78 is 3.20. The number of nitrogens with zero attached hydrogens (tertiary/aromatic N) is 4. The molecule has 0 fully saturated rings. The fourth-order valence-electron chi connectivity index (χ4n) is 2.71. The van der Waals surface area contributed by atoms with Gasteiger partial charge in [0.05, 0.1) is 23.0 Å². The minimum Gasteiger partial charge on any atom is -0.347 e. The largest absolute Gasteiger partial charge is 0.347 e. The normalized spacial score (nSPS) is 11.0. The summed E-state index contributed by atoms with van der Waals surface area (Å²) in [6.45, 7) is 1.60. The highest BCUT2D eigenvalue weighted by Crippen LogP contribution is 2.28. The van der Waals surface area contributed by atoms with Gasteiger partial charge in [-0.1, -0.05) is 53.8 Å². The number of anilines is 1. The standard InChI is InChI=1S/C19H18N4S/c1-22(19-21-17-9-5-6-10-18(17)24-19)12-16-11-20-23(14-16)13-15-7-3-2-4-8-15/h2-11,14H,12-13H2,1H3. The first kappa shape index (κ1) is 14.9. The van der Waals surface area contributed by atoms with Crippen molar-refractivity contribution >= 4 is 26.7 Å². The van der Waals surface area contributed by atoms with Crippen LogP contribution >= 0.6 is 11.3 Å². The van der Waals surface area contributed by atoms with Gasteiger partial charge in [0.15, 0.2) is 5.13 Å². The lowest BCUT2D eigenvalue weighted by Gasteiger charge is -2.13. The van der Waals surface area contributed by atoms with Crippen LogP contribution in [-0.4, -0.2) is 21.8 Å². The Balaban J connectivity index is 1.47. The molecule has 5 heteroatoms. The molecular formula is C19H18N4S. The van der Waals surface area contributed by atoms with Gasteiger partial charge in [0, 0.05) is 25.4 Å². The van der Waals surface area contributed by atoms with Crippen molar-refractivity contribution in [2.75, 3.05) is 11.9 Å². The lowest BCUT2D eigenvalue weighted by molar-refractivity contribution is 0.686. The molecule has 0 radical (unpaired) electrons. The molecule has 0 aliphatic heterocycles. The highest BCUT2D eigenvalue weighted by atomic mass is 32.1. The van der Waals surface area contributed by atoms with Crippen molar-refractivity contribution in [3.8, 4) is 0 Å². The van der Waals surface area contributed by atoms with Crippen molar-refractivity contribution in [3.63, 3.8) is 0 Å². The van der Waals surface area contributed by atoms with Gasteiger partial charge >= 0.3 is 0 Å². The van der Waals surface area contributed by atoms with Crippen LogP contribution in [0, 0.1) is 0 Å². The zero-order valence-corrected chi connectivity index (χ0v) is 14.3. The van der Waals surface area contributed by atoms with E-state index >= 15 is 0 Å². The number of fused-ring (bicyclic) bond motifs is 1. The number of thiazole rings is 1. The summed E-state index contributed by atoms with van der Waals surface area (Å²) in [6.07, 6.45) is 4.05. The topological polar surface area (TPSA) is 34.0 Å². The Hall–Kier alpha value is -2.66. The molecule has 0 bridgehead atoms. The summed E-state index contributed by atoms with van der Waals surface area (Å²) in [7, 11) is 2.08. The van der Waals surface area contributed by atoms with E-state index in [2.05, 4.69) is 65.7 Å². The van der Waals surface area contributed by atoms with Gasteiger partial charge < -0.3 is 4.90 Å². The summed E-state index contributed by atoms with van der Waals surface area (Å²) in [4.78, 5) is 6.88. The average Bonchev–Trinajstić information content (AvgIpc) is 3.22. The maximum atomic E-state index is 4.70. The minimum atomic E-state index is 0.797. The van der Waals surface area contributed by atoms with E-state index in [1.165, 1.54) is 15.8 Å². The minimum absolute atomic E-state index is 0.797. The first-order valence-corrected chi connectivity index (χ1v) is 8.71. The molecule has 0 atom stereocenters. The average molecular weight is 334 g/mol. The van der Waals surface area contributed by atoms with Crippen LogP contribution in [0.2, 0.25) is 0 Å². The molecule has 0 aliphatic carbocycles. The van der Waals surface area contributed by atoms with E-state index in [-0.39, 0.29) is 0 Å². The highest BCUT2D eigenvalue weighted by Gasteiger charge is 2.10. The third kappa shape index (κ3) is 3.16. The number of aromatic nitrogens is 3. The predicted molar refractivity (Wildman–Crippen MR) is 99.5 cm³/mol. The van der Waals surface area contributed by atoms with Gasteiger partial charge in [0.25, 0.3) is 0 Å². The first-order valence-electron chi connectivity index (χ1n) is 7.90. The quantitative estimate of drug-likeness (QED) is 0.549. The molecule has 4 nitrogen and oxygen atoms in total. The molecule has 0 spiro atoms. The van der Waals surface area contributed by atoms with Crippen molar-refractivity contribution < 1.29 is 0 Å². The lowest BCUT2D eigenvalue weighted by Crippen LogP contribution is -2.15. The van der Waals surface area contributed by atoms with Gasteiger partial charge in [-0.3, -0.25) is 4.68 Å². The Morgan fingerprint density at radius 2 is 1.79 bits per heavy atom. The zero-order chi connectivity index (χ0) is 16.4. The maximum absolute atomic E-state index is 4.70. The molecule has 120 valence electrons. The molecule has 0 amide bonds. The van der Waals surface area contributed by atoms with E-state index in [4.69, 9.17) is 4.98 Å². The van der Waals surface area contributed by atoms with Gasteiger partial charge in [0.2, 0.25) is 0 Å². The summed E-state index contributed by atoms with van der Waals surface area (Å²) in [6, 6.07) is 18.6. The molecule has 0 aliphatic rings. The second-order valence-electron chi connectivity index (χ2n) is 5.85. The fraction of sp³-hybridized carbons (Fsp3) is 0.158. The molecule has 24 heavy (non-hydrogen) atoms. The van der Waals surface area contributed by atoms with Crippen molar-refractivity contribution in [1.82, 2.24) is 14.8 Å². The Bertz CT molecular complexity index is 909.